The second-order valence-corrected chi connectivity index (χ2v) is 2.76. The molecule has 0 amide bonds. The van der Waals surface area contributed by atoms with Gasteiger partial charge in [0.2, 0.25) is 0 Å². The van der Waals surface area contributed by atoms with Crippen LogP contribution in [0.2, 0.25) is 0 Å². The molecule has 0 bridgehead atoms. The van der Waals surface area contributed by atoms with E-state index in [1.54, 1.807) is 0 Å². The van der Waals surface area contributed by atoms with Crippen LogP contribution in [0, 0.1) is 0 Å². The van der Waals surface area contributed by atoms with E-state index in [0.29, 0.717) is 13.0 Å². The van der Waals surface area contributed by atoms with Gasteiger partial charge >= 0.3 is 0 Å². The van der Waals surface area contributed by atoms with Gasteiger partial charge in [-0.2, -0.15) is 0 Å². The van der Waals surface area contributed by atoms with Crippen LogP contribution in [-0.4, -0.2) is 42.4 Å². The van der Waals surface area contributed by atoms with E-state index < -0.39 is 6.17 Å². The molecule has 0 aliphatic carbocycles. The zero-order chi connectivity index (χ0) is 7.40. The van der Waals surface area contributed by atoms with Crippen molar-refractivity contribution in [3.05, 3.63) is 0 Å². The minimum absolute atomic E-state index is 0.216. The van der Waals surface area contributed by atoms with Gasteiger partial charge in [-0.15, -0.1) is 0 Å². The van der Waals surface area contributed by atoms with Crippen molar-refractivity contribution in [3.8, 4) is 0 Å². The Bertz CT molecular complexity index is 99.6. The van der Waals surface area contributed by atoms with Gasteiger partial charge in [-0.05, 0) is 12.8 Å². The summed E-state index contributed by atoms with van der Waals surface area (Å²) in [7, 11) is 0. The highest BCUT2D eigenvalue weighted by Crippen LogP contribution is 2.11. The van der Waals surface area contributed by atoms with Gasteiger partial charge in [0, 0.05) is 26.2 Å². The molecule has 1 rings (SSSR count). The maximum absolute atomic E-state index is 12.5. The van der Waals surface area contributed by atoms with E-state index in [0.717, 1.165) is 19.5 Å². The second-order valence-electron chi connectivity index (χ2n) is 2.76. The lowest BCUT2D eigenvalue weighted by Gasteiger charge is -2.12. The molecule has 0 aromatic rings. The molecule has 0 saturated carbocycles. The van der Waals surface area contributed by atoms with Crippen LogP contribution >= 0.6 is 0 Å². The topological polar surface area (TPSA) is 23.5 Å². The minimum atomic E-state index is -0.626. The van der Waals surface area contributed by atoms with E-state index in [2.05, 4.69) is 4.90 Å². The van der Waals surface area contributed by atoms with Gasteiger partial charge in [-0.25, -0.2) is 4.39 Å². The van der Waals surface area contributed by atoms with Gasteiger partial charge in [0.1, 0.15) is 6.17 Å². The average molecular weight is 147 g/mol. The van der Waals surface area contributed by atoms with Crippen molar-refractivity contribution in [3.63, 3.8) is 0 Å². The first-order valence-corrected chi connectivity index (χ1v) is 3.80. The Hall–Kier alpha value is -0.150. The van der Waals surface area contributed by atoms with Crippen LogP contribution in [0.25, 0.3) is 0 Å². The average Bonchev–Trinajstić information content (AvgIpc) is 2.31. The summed E-state index contributed by atoms with van der Waals surface area (Å²) in [4.78, 5) is 2.06. The lowest BCUT2D eigenvalue weighted by Crippen LogP contribution is -2.22. The molecule has 0 radical (unpaired) electrons. The third-order valence-corrected chi connectivity index (χ3v) is 1.85. The van der Waals surface area contributed by atoms with E-state index >= 15 is 0 Å². The molecule has 1 heterocycles. The summed E-state index contributed by atoms with van der Waals surface area (Å²) in [5.41, 5.74) is 0. The van der Waals surface area contributed by atoms with Crippen molar-refractivity contribution < 1.29 is 9.50 Å². The summed E-state index contributed by atoms with van der Waals surface area (Å²) in [6.07, 6.45) is 0.816. The molecule has 1 N–H and O–H groups in total. The van der Waals surface area contributed by atoms with Crippen molar-refractivity contribution in [1.82, 2.24) is 4.90 Å². The van der Waals surface area contributed by atoms with Gasteiger partial charge in [0.15, 0.2) is 0 Å². The number of aliphatic hydroxyl groups excluding tert-OH is 1. The highest BCUT2D eigenvalue weighted by Gasteiger charge is 2.20. The summed E-state index contributed by atoms with van der Waals surface area (Å²) in [5, 5.41) is 8.47. The zero-order valence-corrected chi connectivity index (χ0v) is 6.09. The molecule has 1 saturated heterocycles. The molecule has 0 spiro atoms. The van der Waals surface area contributed by atoms with Gasteiger partial charge < -0.3 is 10.0 Å². The number of aliphatic hydroxyl groups is 1. The van der Waals surface area contributed by atoms with Crippen LogP contribution in [0.4, 0.5) is 4.39 Å². The van der Waals surface area contributed by atoms with Crippen LogP contribution in [-0.2, 0) is 0 Å². The Morgan fingerprint density at radius 3 is 2.90 bits per heavy atom. The highest BCUT2D eigenvalue weighted by atomic mass is 19.1. The van der Waals surface area contributed by atoms with E-state index in [4.69, 9.17) is 5.11 Å². The summed E-state index contributed by atoms with van der Waals surface area (Å²) in [6.45, 7) is 2.49. The Kier molecular flexibility index (Phi) is 3.09. The minimum Gasteiger partial charge on any atom is -0.396 e. The van der Waals surface area contributed by atoms with Crippen molar-refractivity contribution in [2.45, 2.75) is 19.0 Å². The first-order valence-electron chi connectivity index (χ1n) is 3.80. The smallest absolute Gasteiger partial charge is 0.114 e. The van der Waals surface area contributed by atoms with E-state index in [9.17, 15) is 4.39 Å². The van der Waals surface area contributed by atoms with Crippen molar-refractivity contribution in [2.24, 2.45) is 0 Å². The lowest BCUT2D eigenvalue weighted by atomic mass is 10.3. The monoisotopic (exact) mass is 147 g/mol. The third kappa shape index (κ3) is 2.23. The number of nitrogens with zero attached hydrogens (tertiary/aromatic N) is 1. The van der Waals surface area contributed by atoms with Crippen molar-refractivity contribution in [1.29, 1.82) is 0 Å². The molecule has 1 aliphatic heterocycles. The van der Waals surface area contributed by atoms with E-state index in [1.165, 1.54) is 0 Å². The molecular formula is C7H14FNO. The number of hydrogen-bond acceptors (Lipinski definition) is 2. The summed E-state index contributed by atoms with van der Waals surface area (Å²) in [5.74, 6) is 0. The first kappa shape index (κ1) is 7.95. The molecule has 10 heavy (non-hydrogen) atoms. The summed E-state index contributed by atoms with van der Waals surface area (Å²) < 4.78 is 12.5. The SMILES string of the molecule is OCCCN1CC[C@H](F)C1. The largest absolute Gasteiger partial charge is 0.396 e. The molecule has 0 aromatic heterocycles. The Morgan fingerprint density at radius 2 is 2.40 bits per heavy atom. The number of halogens is 1. The van der Waals surface area contributed by atoms with Crippen LogP contribution in [0.1, 0.15) is 12.8 Å². The second kappa shape index (κ2) is 3.88. The Morgan fingerprint density at radius 1 is 1.60 bits per heavy atom. The third-order valence-electron chi connectivity index (χ3n) is 1.85. The summed E-state index contributed by atoms with van der Waals surface area (Å²) in [6, 6.07) is 0. The molecule has 3 heteroatoms. The van der Waals surface area contributed by atoms with Crippen molar-refractivity contribution >= 4 is 0 Å². The van der Waals surface area contributed by atoms with Crippen molar-refractivity contribution in [2.75, 3.05) is 26.2 Å². The van der Waals surface area contributed by atoms with Gasteiger partial charge in [0.05, 0.1) is 0 Å². The number of rotatable bonds is 3. The molecule has 1 fully saturated rings. The predicted octanol–water partition coefficient (Wildman–Crippen LogP) is 0.413. The zero-order valence-electron chi connectivity index (χ0n) is 6.09. The Labute approximate surface area is 60.6 Å². The molecular weight excluding hydrogens is 133 g/mol. The summed E-state index contributed by atoms with van der Waals surface area (Å²) >= 11 is 0. The number of alkyl halides is 1. The normalized spacial score (nSPS) is 27.6. The van der Waals surface area contributed by atoms with Crippen LogP contribution in [0.5, 0.6) is 0 Å². The molecule has 1 atom stereocenters. The van der Waals surface area contributed by atoms with Gasteiger partial charge in [0.25, 0.3) is 0 Å². The van der Waals surface area contributed by atoms with Crippen LogP contribution in [0.3, 0.4) is 0 Å². The predicted molar refractivity (Wildman–Crippen MR) is 37.7 cm³/mol. The molecule has 0 unspecified atom stereocenters. The maximum Gasteiger partial charge on any atom is 0.114 e. The number of hydrogen-bond donors (Lipinski definition) is 1. The first-order chi connectivity index (χ1) is 4.83. The maximum atomic E-state index is 12.5. The quantitative estimate of drug-likeness (QED) is 0.625. The van der Waals surface area contributed by atoms with Crippen LogP contribution < -0.4 is 0 Å². The molecule has 60 valence electrons. The van der Waals surface area contributed by atoms with E-state index in [-0.39, 0.29) is 6.61 Å². The molecule has 2 nitrogen and oxygen atoms in total. The highest BCUT2D eigenvalue weighted by molar-refractivity contribution is 4.74. The Balaban J connectivity index is 2.06. The van der Waals surface area contributed by atoms with Crippen LogP contribution in [0.15, 0.2) is 0 Å². The molecule has 0 aromatic carbocycles. The number of likely N-dealkylation sites (tertiary alicyclic amines) is 1. The van der Waals surface area contributed by atoms with Gasteiger partial charge in [-0.1, -0.05) is 0 Å². The fraction of sp³-hybridized carbons (Fsp3) is 1.00. The standard InChI is InChI=1S/C7H14FNO/c8-7-2-4-9(6-7)3-1-5-10/h7,10H,1-6H2/t7-/m0/s1. The van der Waals surface area contributed by atoms with E-state index in [1.807, 2.05) is 0 Å². The lowest BCUT2D eigenvalue weighted by molar-refractivity contribution is 0.237. The van der Waals surface area contributed by atoms with Gasteiger partial charge in [-0.3, -0.25) is 0 Å². The fourth-order valence-corrected chi connectivity index (χ4v) is 1.28. The molecule has 1 aliphatic rings. The fourth-order valence-electron chi connectivity index (χ4n) is 1.28.